The third kappa shape index (κ3) is 961. The monoisotopic (exact) mass is 228 g/mol. The van der Waals surface area contributed by atoms with E-state index in [1.807, 2.05) is 0 Å². The zero-order valence-corrected chi connectivity index (χ0v) is 2.71. The van der Waals surface area contributed by atoms with Gasteiger partial charge in [0, 0.05) is 0 Å². The molecule has 0 spiro atoms. The summed E-state index contributed by atoms with van der Waals surface area (Å²) in [4.78, 5) is 16.5. The Hall–Kier alpha value is -1.24. The second kappa shape index (κ2) is 3060. The van der Waals surface area contributed by atoms with Crippen LogP contribution in [0.4, 0.5) is 0 Å². The molecule has 0 fully saturated rings. The molecule has 0 bridgehead atoms. The number of hydrogen-bond acceptors (Lipinski definition) is 2. The van der Waals surface area contributed by atoms with Crippen LogP contribution in [0.2, 0.25) is 0 Å². The van der Waals surface area contributed by atoms with E-state index in [2.05, 4.69) is 0 Å². The van der Waals surface area contributed by atoms with Gasteiger partial charge in [-0.1, -0.05) is 66.8 Å². The summed E-state index contributed by atoms with van der Waals surface area (Å²) in [5, 5.41) is 13.5. The van der Waals surface area contributed by atoms with Crippen LogP contribution in [0, 0.1) is 0 Å². The first-order valence-electron chi connectivity index (χ1n) is 0.855. The van der Waals surface area contributed by atoms with Gasteiger partial charge in [0.1, 0.15) is 0 Å². The van der Waals surface area contributed by atoms with E-state index in [0.717, 1.165) is 0 Å². The van der Waals surface area contributed by atoms with Crippen LogP contribution in [-0.4, -0.2) is 12.2 Å². The van der Waals surface area contributed by atoms with Crippen LogP contribution < -0.4 is 0 Å². The second-order valence-electron chi connectivity index (χ2n) is 0.183. The van der Waals surface area contributed by atoms with Crippen molar-refractivity contribution >= 4 is 12.2 Å². The average molecular weight is 228 g/mol. The predicted octanol–water partition coefficient (Wildman–Crippen LogP) is 5.51. The molecule has 15 heavy (non-hydrogen) atoms. The largest absolute Gasteiger partial charge is 0.724 e. The lowest BCUT2D eigenvalue weighted by Crippen LogP contribution is -1.13. The summed E-state index contributed by atoms with van der Waals surface area (Å²) in [6.07, 6.45) is 1.00. The molecule has 0 rings (SSSR count). The minimum Gasteiger partial charge on any atom is -0.724 e. The SMILES string of the molecule is C.C.C.C.C.C.C.C.C.[N-]=C=O.[N-]=C=O. The minimum atomic E-state index is 0. The number of carbonyl (C=O) groups excluding carboxylic acids is 2. The van der Waals surface area contributed by atoms with Crippen molar-refractivity contribution in [3.05, 3.63) is 10.8 Å². The van der Waals surface area contributed by atoms with Gasteiger partial charge in [-0.05, 0) is 12.2 Å². The number of rotatable bonds is 0. The lowest BCUT2D eigenvalue weighted by Gasteiger charge is -1.32. The Morgan fingerprint density at radius 2 is 0.467 bits per heavy atom. The van der Waals surface area contributed by atoms with Crippen molar-refractivity contribution < 1.29 is 9.59 Å². The molecule has 0 radical (unpaired) electrons. The van der Waals surface area contributed by atoms with Gasteiger partial charge in [0.25, 0.3) is 0 Å². The number of hydrogen-bond donors (Lipinski definition) is 0. The van der Waals surface area contributed by atoms with Gasteiger partial charge in [0.05, 0.1) is 0 Å². The van der Waals surface area contributed by atoms with E-state index in [1.54, 1.807) is 0 Å². The lowest BCUT2D eigenvalue weighted by molar-refractivity contribution is 0.568. The minimum absolute atomic E-state index is 0. The zero-order valence-electron chi connectivity index (χ0n) is 2.71. The molecule has 0 aromatic rings. The normalized spacial score (nSPS) is 1.07. The van der Waals surface area contributed by atoms with Crippen molar-refractivity contribution in [1.29, 1.82) is 0 Å². The van der Waals surface area contributed by atoms with Gasteiger partial charge in [-0.2, -0.15) is 0 Å². The molecule has 4 nitrogen and oxygen atoms in total. The van der Waals surface area contributed by atoms with Crippen LogP contribution in [0.1, 0.15) is 66.8 Å². The highest BCUT2D eigenvalue weighted by molar-refractivity contribution is 5.37. The van der Waals surface area contributed by atoms with Crippen LogP contribution >= 0.6 is 0 Å². The van der Waals surface area contributed by atoms with Crippen LogP contribution in [-0.2, 0) is 9.59 Å². The topological polar surface area (TPSA) is 78.7 Å². The van der Waals surface area contributed by atoms with E-state index in [1.165, 1.54) is 0 Å². The Bertz CT molecular complexity index is 70.6. The number of isocyanates is 2. The highest BCUT2D eigenvalue weighted by Crippen LogP contribution is 0.952. The van der Waals surface area contributed by atoms with Crippen molar-refractivity contribution in [2.45, 2.75) is 66.8 Å². The smallest absolute Gasteiger partial charge is 0.0159 e. The molecule has 0 aromatic carbocycles. The van der Waals surface area contributed by atoms with Crippen molar-refractivity contribution in [3.8, 4) is 0 Å². The van der Waals surface area contributed by atoms with E-state index >= 15 is 0 Å². The Kier molecular flexibility index (Phi) is 59900. The summed E-state index contributed by atoms with van der Waals surface area (Å²) in [5.41, 5.74) is 0. The Morgan fingerprint density at radius 1 is 0.467 bits per heavy atom. The predicted molar refractivity (Wildman–Crippen MR) is 78.7 cm³/mol. The van der Waals surface area contributed by atoms with E-state index in [-0.39, 0.29) is 66.8 Å². The molecule has 0 aliphatic carbocycles. The molecule has 4 heteroatoms. The van der Waals surface area contributed by atoms with Gasteiger partial charge in [-0.15, -0.1) is 0 Å². The first-order valence-corrected chi connectivity index (χ1v) is 0.855. The zero-order chi connectivity index (χ0) is 5.41. The van der Waals surface area contributed by atoms with Crippen molar-refractivity contribution in [2.24, 2.45) is 0 Å². The van der Waals surface area contributed by atoms with Crippen LogP contribution in [0.15, 0.2) is 0 Å². The van der Waals surface area contributed by atoms with Gasteiger partial charge in [0.2, 0.25) is 0 Å². The molecule has 0 saturated heterocycles. The maximum absolute atomic E-state index is 8.24. The number of nitrogens with zero attached hydrogens (tertiary/aromatic N) is 2. The molecule has 104 valence electrons. The van der Waals surface area contributed by atoms with E-state index < -0.39 is 0 Å². The first kappa shape index (κ1) is 294. The van der Waals surface area contributed by atoms with E-state index in [4.69, 9.17) is 20.4 Å². The van der Waals surface area contributed by atoms with Gasteiger partial charge < -0.3 is 10.8 Å². The Morgan fingerprint density at radius 3 is 0.467 bits per heavy atom. The third-order valence-electron chi connectivity index (χ3n) is 0. The van der Waals surface area contributed by atoms with Crippen LogP contribution in [0.3, 0.4) is 0 Å². The van der Waals surface area contributed by atoms with Crippen molar-refractivity contribution in [3.63, 3.8) is 0 Å². The standard InChI is InChI=1S/2CNO.9CH4/c2*2-1-3;;;;;;;;;/h;;9*1H4/q2*-1;;;;;;;;;. The van der Waals surface area contributed by atoms with E-state index in [9.17, 15) is 0 Å². The van der Waals surface area contributed by atoms with E-state index in [0.29, 0.717) is 12.2 Å². The van der Waals surface area contributed by atoms with Crippen LogP contribution in [0.5, 0.6) is 0 Å². The molecule has 0 N–H and O–H groups in total. The summed E-state index contributed by atoms with van der Waals surface area (Å²) in [7, 11) is 0. The van der Waals surface area contributed by atoms with Crippen LogP contribution in [0.25, 0.3) is 10.8 Å². The van der Waals surface area contributed by atoms with Gasteiger partial charge >= 0.3 is 0 Å². The summed E-state index contributed by atoms with van der Waals surface area (Å²) in [5.74, 6) is 0. The first-order chi connectivity index (χ1) is 2.83. The van der Waals surface area contributed by atoms with Gasteiger partial charge in [-0.25, -0.2) is 0 Å². The van der Waals surface area contributed by atoms with Gasteiger partial charge in [0.15, 0.2) is 0 Å². The molecule has 0 aromatic heterocycles. The molecule has 0 aliphatic heterocycles. The molecule has 0 saturated carbocycles. The average Bonchev–Trinajstić information content (AvgIpc) is 1.39. The molecule has 0 unspecified atom stereocenters. The fraction of sp³-hybridized carbons (Fsp3) is 0.818. The fourth-order valence-corrected chi connectivity index (χ4v) is 0. The van der Waals surface area contributed by atoms with Crippen molar-refractivity contribution in [1.82, 2.24) is 0 Å². The maximum Gasteiger partial charge on any atom is -0.0159 e. The fourth-order valence-electron chi connectivity index (χ4n) is 0. The maximum atomic E-state index is 8.24. The Labute approximate surface area is 100 Å². The second-order valence-corrected chi connectivity index (χ2v) is 0.183. The summed E-state index contributed by atoms with van der Waals surface area (Å²) in [6.45, 7) is 0. The van der Waals surface area contributed by atoms with Crippen molar-refractivity contribution in [2.75, 3.05) is 0 Å². The molecule has 0 amide bonds. The summed E-state index contributed by atoms with van der Waals surface area (Å²) < 4.78 is 0. The Balaban J connectivity index is -0.00000000148. The molecular formula is C11H36N2O2-2. The molecular weight excluding hydrogens is 192 g/mol. The summed E-state index contributed by atoms with van der Waals surface area (Å²) in [6, 6.07) is 0. The third-order valence-corrected chi connectivity index (χ3v) is 0. The van der Waals surface area contributed by atoms with Gasteiger partial charge in [-0.3, -0.25) is 9.59 Å². The molecule has 0 aliphatic rings. The molecule has 0 atom stereocenters. The quantitative estimate of drug-likeness (QED) is 0.405. The molecule has 0 heterocycles. The highest BCUT2D eigenvalue weighted by Gasteiger charge is 0.794. The summed E-state index contributed by atoms with van der Waals surface area (Å²) >= 11 is 0. The highest BCUT2D eigenvalue weighted by atomic mass is 16.1. The lowest BCUT2D eigenvalue weighted by atomic mass is 11.7.